The third kappa shape index (κ3) is 4.54. The number of nitrogens with one attached hydrogen (secondary N) is 1. The minimum Gasteiger partial charge on any atom is -0.302 e. The maximum Gasteiger partial charge on any atom is 0.236 e. The van der Waals surface area contributed by atoms with Gasteiger partial charge < -0.3 is 9.88 Å². The van der Waals surface area contributed by atoms with Crippen LogP contribution < -0.4 is 5.32 Å². The first-order valence-corrected chi connectivity index (χ1v) is 10.8. The van der Waals surface area contributed by atoms with E-state index >= 15 is 0 Å². The number of halogens is 2. The van der Waals surface area contributed by atoms with Gasteiger partial charge in [-0.05, 0) is 31.0 Å². The van der Waals surface area contributed by atoms with Crippen LogP contribution in [0.15, 0.2) is 41.4 Å². The third-order valence-corrected chi connectivity index (χ3v) is 6.02. The molecule has 1 saturated carbocycles. The molecule has 0 aliphatic heterocycles. The van der Waals surface area contributed by atoms with Gasteiger partial charge in [0.15, 0.2) is 21.9 Å². The summed E-state index contributed by atoms with van der Waals surface area (Å²) in [5, 5.41) is 13.9. The van der Waals surface area contributed by atoms with E-state index in [9.17, 15) is 13.6 Å². The number of amides is 1. The summed E-state index contributed by atoms with van der Waals surface area (Å²) in [4.78, 5) is 16.6. The third-order valence-electron chi connectivity index (χ3n) is 4.30. The van der Waals surface area contributed by atoms with E-state index in [1.807, 2.05) is 4.57 Å². The standard InChI is InChI=1S/C19H17F2N5OS2/c1-2-7-26-17(11-3-4-11)24-25-19(26)29-10-16(27)23-18-22-15(9-28-18)12-5-6-13(20)14(21)8-12/h2,5-6,8-9,11H,1,3-4,7,10H2,(H,22,23,27). The van der Waals surface area contributed by atoms with Crippen molar-refractivity contribution in [3.63, 3.8) is 0 Å². The van der Waals surface area contributed by atoms with Gasteiger partial charge in [-0.25, -0.2) is 13.8 Å². The van der Waals surface area contributed by atoms with E-state index in [-0.39, 0.29) is 11.7 Å². The Bertz CT molecular complexity index is 1060. The number of thiazole rings is 1. The summed E-state index contributed by atoms with van der Waals surface area (Å²) in [6.07, 6.45) is 4.02. The molecular formula is C19H17F2N5OS2. The van der Waals surface area contributed by atoms with Crippen LogP contribution in [-0.4, -0.2) is 31.4 Å². The monoisotopic (exact) mass is 433 g/mol. The molecule has 2 aromatic heterocycles. The molecule has 4 rings (SSSR count). The van der Waals surface area contributed by atoms with Crippen molar-refractivity contribution in [2.75, 3.05) is 11.1 Å². The molecule has 1 N–H and O–H groups in total. The molecule has 0 atom stereocenters. The molecule has 0 radical (unpaired) electrons. The van der Waals surface area contributed by atoms with Crippen LogP contribution in [0.25, 0.3) is 11.3 Å². The Morgan fingerprint density at radius 1 is 1.34 bits per heavy atom. The quantitative estimate of drug-likeness (QED) is 0.419. The molecular weight excluding hydrogens is 416 g/mol. The highest BCUT2D eigenvalue weighted by Gasteiger charge is 2.30. The Balaban J connectivity index is 1.37. The summed E-state index contributed by atoms with van der Waals surface area (Å²) in [5.74, 6) is -0.530. The van der Waals surface area contributed by atoms with Gasteiger partial charge in [0.25, 0.3) is 0 Å². The predicted molar refractivity (Wildman–Crippen MR) is 109 cm³/mol. The van der Waals surface area contributed by atoms with E-state index < -0.39 is 11.6 Å². The van der Waals surface area contributed by atoms with Gasteiger partial charge in [-0.3, -0.25) is 4.79 Å². The number of hydrogen-bond acceptors (Lipinski definition) is 6. The molecule has 3 aromatic rings. The lowest BCUT2D eigenvalue weighted by atomic mass is 10.2. The van der Waals surface area contributed by atoms with Crippen molar-refractivity contribution in [1.29, 1.82) is 0 Å². The lowest BCUT2D eigenvalue weighted by molar-refractivity contribution is -0.113. The Kier molecular flexibility index (Phi) is 5.72. The molecule has 10 heteroatoms. The van der Waals surface area contributed by atoms with E-state index in [1.165, 1.54) is 29.2 Å². The molecule has 0 bridgehead atoms. The number of carbonyl (C=O) groups excluding carboxylic acids is 1. The molecule has 1 aliphatic rings. The molecule has 6 nitrogen and oxygen atoms in total. The van der Waals surface area contributed by atoms with Crippen LogP contribution in [0.2, 0.25) is 0 Å². The van der Waals surface area contributed by atoms with Crippen LogP contribution in [0.1, 0.15) is 24.6 Å². The Labute approximate surface area is 174 Å². The van der Waals surface area contributed by atoms with Gasteiger partial charge >= 0.3 is 0 Å². The molecule has 2 heterocycles. The molecule has 0 spiro atoms. The van der Waals surface area contributed by atoms with E-state index in [0.717, 1.165) is 30.8 Å². The van der Waals surface area contributed by atoms with Crippen LogP contribution in [0, 0.1) is 11.6 Å². The molecule has 0 saturated heterocycles. The number of benzene rings is 1. The molecule has 1 fully saturated rings. The predicted octanol–water partition coefficient (Wildman–Crippen LogP) is 4.47. The lowest BCUT2D eigenvalue weighted by Gasteiger charge is -2.06. The summed E-state index contributed by atoms with van der Waals surface area (Å²) in [7, 11) is 0. The highest BCUT2D eigenvalue weighted by molar-refractivity contribution is 7.99. The Morgan fingerprint density at radius 2 is 2.17 bits per heavy atom. The summed E-state index contributed by atoms with van der Waals surface area (Å²) >= 11 is 2.52. The van der Waals surface area contributed by atoms with Gasteiger partial charge in [0.2, 0.25) is 5.91 Å². The van der Waals surface area contributed by atoms with Gasteiger partial charge in [0.1, 0.15) is 5.82 Å². The van der Waals surface area contributed by atoms with Crippen molar-refractivity contribution >= 4 is 34.1 Å². The van der Waals surface area contributed by atoms with E-state index in [4.69, 9.17) is 0 Å². The van der Waals surface area contributed by atoms with E-state index in [2.05, 4.69) is 27.1 Å². The summed E-state index contributed by atoms with van der Waals surface area (Å²) in [6, 6.07) is 3.57. The Hall–Kier alpha value is -2.59. The van der Waals surface area contributed by atoms with Crippen molar-refractivity contribution in [3.8, 4) is 11.3 Å². The maximum atomic E-state index is 13.4. The first kappa shape index (κ1) is 19.7. The number of thioether (sulfide) groups is 1. The van der Waals surface area contributed by atoms with E-state index in [0.29, 0.717) is 34.0 Å². The number of allylic oxidation sites excluding steroid dienone is 1. The SMILES string of the molecule is C=CCn1c(SCC(=O)Nc2nc(-c3ccc(F)c(F)c3)cs2)nnc1C1CC1. The number of anilines is 1. The van der Waals surface area contributed by atoms with Gasteiger partial charge in [0, 0.05) is 23.4 Å². The van der Waals surface area contributed by atoms with E-state index in [1.54, 1.807) is 11.5 Å². The molecule has 1 amide bonds. The zero-order chi connectivity index (χ0) is 20.4. The van der Waals surface area contributed by atoms with Crippen molar-refractivity contribution in [1.82, 2.24) is 19.7 Å². The fourth-order valence-electron chi connectivity index (χ4n) is 2.76. The summed E-state index contributed by atoms with van der Waals surface area (Å²) in [5.41, 5.74) is 0.914. The number of nitrogens with zero attached hydrogens (tertiary/aromatic N) is 4. The summed E-state index contributed by atoms with van der Waals surface area (Å²) < 4.78 is 28.5. The van der Waals surface area contributed by atoms with Crippen LogP contribution in [-0.2, 0) is 11.3 Å². The van der Waals surface area contributed by atoms with Crippen molar-refractivity contribution in [2.24, 2.45) is 0 Å². The lowest BCUT2D eigenvalue weighted by Crippen LogP contribution is -2.14. The minimum absolute atomic E-state index is 0.153. The summed E-state index contributed by atoms with van der Waals surface area (Å²) in [6.45, 7) is 4.37. The molecule has 150 valence electrons. The fraction of sp³-hybridized carbons (Fsp3) is 0.263. The van der Waals surface area contributed by atoms with Gasteiger partial charge in [0.05, 0.1) is 11.4 Å². The second kappa shape index (κ2) is 8.42. The smallest absolute Gasteiger partial charge is 0.236 e. The topological polar surface area (TPSA) is 72.7 Å². The van der Waals surface area contributed by atoms with Crippen molar-refractivity contribution < 1.29 is 13.6 Å². The fourth-order valence-corrected chi connectivity index (χ4v) is 4.25. The minimum atomic E-state index is -0.938. The first-order chi connectivity index (χ1) is 14.0. The molecule has 29 heavy (non-hydrogen) atoms. The normalized spacial score (nSPS) is 13.4. The van der Waals surface area contributed by atoms with Gasteiger partial charge in [-0.1, -0.05) is 17.8 Å². The number of rotatable bonds is 8. The number of hydrogen-bond donors (Lipinski definition) is 1. The largest absolute Gasteiger partial charge is 0.302 e. The zero-order valence-electron chi connectivity index (χ0n) is 15.3. The molecule has 0 unspecified atom stereocenters. The Morgan fingerprint density at radius 3 is 2.90 bits per heavy atom. The molecule has 1 aromatic carbocycles. The second-order valence-corrected chi connectivity index (χ2v) is 8.32. The maximum absolute atomic E-state index is 13.4. The molecule has 1 aliphatic carbocycles. The number of aromatic nitrogens is 4. The van der Waals surface area contributed by atoms with Gasteiger partial charge in [-0.15, -0.1) is 28.1 Å². The second-order valence-electron chi connectivity index (χ2n) is 6.52. The zero-order valence-corrected chi connectivity index (χ0v) is 16.9. The van der Waals surface area contributed by atoms with Crippen molar-refractivity contribution in [2.45, 2.75) is 30.5 Å². The number of carbonyl (C=O) groups is 1. The van der Waals surface area contributed by atoms with Gasteiger partial charge in [-0.2, -0.15) is 0 Å². The van der Waals surface area contributed by atoms with Crippen LogP contribution in [0.4, 0.5) is 13.9 Å². The van der Waals surface area contributed by atoms with Crippen LogP contribution in [0.5, 0.6) is 0 Å². The highest BCUT2D eigenvalue weighted by Crippen LogP contribution is 2.40. The van der Waals surface area contributed by atoms with Crippen LogP contribution >= 0.6 is 23.1 Å². The average molecular weight is 434 g/mol. The van der Waals surface area contributed by atoms with Crippen LogP contribution in [0.3, 0.4) is 0 Å². The van der Waals surface area contributed by atoms with Crippen molar-refractivity contribution in [3.05, 3.63) is 53.7 Å². The average Bonchev–Trinajstić information content (AvgIpc) is 3.31. The highest BCUT2D eigenvalue weighted by atomic mass is 32.2. The first-order valence-electron chi connectivity index (χ1n) is 8.92.